The summed E-state index contributed by atoms with van der Waals surface area (Å²) in [7, 11) is 0. The third-order valence-corrected chi connectivity index (χ3v) is 4.72. The van der Waals surface area contributed by atoms with Gasteiger partial charge in [-0.25, -0.2) is 0 Å². The molecule has 9 heteroatoms. The minimum atomic E-state index is -0.250. The summed E-state index contributed by atoms with van der Waals surface area (Å²) in [6.45, 7) is 9.10. The van der Waals surface area contributed by atoms with E-state index in [0.29, 0.717) is 79.1 Å². The zero-order chi connectivity index (χ0) is 25.0. The predicted octanol–water partition coefficient (Wildman–Crippen LogP) is 3.71. The van der Waals surface area contributed by atoms with Crippen LogP contribution in [0.15, 0.2) is 0 Å². The smallest absolute Gasteiger partial charge is 0.308 e. The second-order valence-electron chi connectivity index (χ2n) is 7.71. The van der Waals surface area contributed by atoms with Crippen molar-refractivity contribution < 1.29 is 42.7 Å². The molecule has 0 aromatic rings. The highest BCUT2D eigenvalue weighted by atomic mass is 16.6. The van der Waals surface area contributed by atoms with Crippen LogP contribution < -0.4 is 0 Å². The van der Waals surface area contributed by atoms with Crippen LogP contribution in [0, 0.1) is 0 Å². The van der Waals surface area contributed by atoms with Crippen molar-refractivity contribution >= 4 is 11.9 Å². The van der Waals surface area contributed by atoms with Gasteiger partial charge >= 0.3 is 11.9 Å². The number of hydrogen-bond donors (Lipinski definition) is 0. The van der Waals surface area contributed by atoms with Crippen LogP contribution in [0.2, 0.25) is 0 Å². The third kappa shape index (κ3) is 27.0. The van der Waals surface area contributed by atoms with Gasteiger partial charge in [0.2, 0.25) is 0 Å². The highest BCUT2D eigenvalue weighted by Gasteiger charge is 2.03. The van der Waals surface area contributed by atoms with Gasteiger partial charge in [-0.2, -0.15) is 0 Å². The van der Waals surface area contributed by atoms with Gasteiger partial charge in [0.25, 0.3) is 0 Å². The summed E-state index contributed by atoms with van der Waals surface area (Å²) in [5.41, 5.74) is 0. The fourth-order valence-corrected chi connectivity index (χ4v) is 2.88. The van der Waals surface area contributed by atoms with Gasteiger partial charge in [-0.05, 0) is 13.3 Å². The molecule has 0 aliphatic carbocycles. The van der Waals surface area contributed by atoms with E-state index in [0.717, 1.165) is 12.8 Å². The molecule has 0 aliphatic heterocycles. The molecule has 0 bridgehead atoms. The summed E-state index contributed by atoms with van der Waals surface area (Å²) < 4.78 is 36.8. The number of ether oxygens (including phenoxy) is 7. The zero-order valence-electron chi connectivity index (χ0n) is 21.5. The van der Waals surface area contributed by atoms with E-state index in [-0.39, 0.29) is 25.0 Å². The zero-order valence-corrected chi connectivity index (χ0v) is 21.5. The first-order chi connectivity index (χ1) is 16.7. The summed E-state index contributed by atoms with van der Waals surface area (Å²) in [6, 6.07) is 0. The minimum absolute atomic E-state index is 0.143. The van der Waals surface area contributed by atoms with Crippen molar-refractivity contribution in [2.75, 3.05) is 79.3 Å². The van der Waals surface area contributed by atoms with Crippen LogP contribution in [0.25, 0.3) is 0 Å². The maximum absolute atomic E-state index is 11.6. The molecule has 0 saturated carbocycles. The van der Waals surface area contributed by atoms with E-state index in [4.69, 9.17) is 33.2 Å². The van der Waals surface area contributed by atoms with Crippen LogP contribution in [-0.2, 0) is 42.7 Å². The maximum atomic E-state index is 11.6. The van der Waals surface area contributed by atoms with E-state index >= 15 is 0 Å². The van der Waals surface area contributed by atoms with Gasteiger partial charge in [0, 0.05) is 6.42 Å². The molecule has 0 saturated heterocycles. The van der Waals surface area contributed by atoms with Crippen LogP contribution >= 0.6 is 0 Å². The molecule has 0 heterocycles. The Morgan fingerprint density at radius 3 is 1.35 bits per heavy atom. The minimum Gasteiger partial charge on any atom is -0.466 e. The van der Waals surface area contributed by atoms with E-state index < -0.39 is 0 Å². The summed E-state index contributed by atoms with van der Waals surface area (Å²) in [6.07, 6.45) is 9.06. The molecular formula is C25H48O9. The molecule has 0 atom stereocenters. The number of carbonyl (C=O) groups excluding carboxylic acids is 2. The molecule has 0 radical (unpaired) electrons. The van der Waals surface area contributed by atoms with Crippen molar-refractivity contribution in [3.63, 3.8) is 0 Å². The molecular weight excluding hydrogens is 444 g/mol. The Morgan fingerprint density at radius 1 is 0.441 bits per heavy atom. The number of carbonyl (C=O) groups is 2. The molecule has 34 heavy (non-hydrogen) atoms. The number of unbranched alkanes of at least 4 members (excludes halogenated alkanes) is 6. The standard InChI is InChI=1S/C25H48O9/c1-3-5-6-7-8-9-10-11-24(26)34-23-22-32-21-20-31-19-18-30-17-16-29-15-14-28-13-12-25(27)33-4-2/h3-23H2,1-2H3. The average molecular weight is 493 g/mol. The first-order valence-corrected chi connectivity index (χ1v) is 12.9. The summed E-state index contributed by atoms with van der Waals surface area (Å²) >= 11 is 0. The third-order valence-electron chi connectivity index (χ3n) is 4.72. The first kappa shape index (κ1) is 32.7. The van der Waals surface area contributed by atoms with Crippen LogP contribution in [0.5, 0.6) is 0 Å². The van der Waals surface area contributed by atoms with Crippen LogP contribution in [0.3, 0.4) is 0 Å². The van der Waals surface area contributed by atoms with E-state index in [1.807, 2.05) is 0 Å². The molecule has 0 aliphatic rings. The fourth-order valence-electron chi connectivity index (χ4n) is 2.88. The Balaban J connectivity index is 3.14. The Kier molecular flexibility index (Phi) is 26.9. The first-order valence-electron chi connectivity index (χ1n) is 12.9. The normalized spacial score (nSPS) is 11.0. The number of esters is 2. The molecule has 9 nitrogen and oxygen atoms in total. The van der Waals surface area contributed by atoms with Crippen LogP contribution in [-0.4, -0.2) is 91.2 Å². The highest BCUT2D eigenvalue weighted by Crippen LogP contribution is 2.08. The van der Waals surface area contributed by atoms with Crippen molar-refractivity contribution in [1.29, 1.82) is 0 Å². The predicted molar refractivity (Wildman–Crippen MR) is 129 cm³/mol. The molecule has 0 spiro atoms. The van der Waals surface area contributed by atoms with E-state index in [9.17, 15) is 9.59 Å². The van der Waals surface area contributed by atoms with E-state index in [1.165, 1.54) is 32.1 Å². The van der Waals surface area contributed by atoms with E-state index in [2.05, 4.69) is 6.92 Å². The van der Waals surface area contributed by atoms with Crippen LogP contribution in [0.4, 0.5) is 0 Å². The molecule has 0 aromatic heterocycles. The lowest BCUT2D eigenvalue weighted by atomic mass is 10.1. The van der Waals surface area contributed by atoms with Gasteiger partial charge < -0.3 is 33.2 Å². The summed E-state index contributed by atoms with van der Waals surface area (Å²) in [5, 5.41) is 0. The molecule has 0 fully saturated rings. The lowest BCUT2D eigenvalue weighted by molar-refractivity contribution is -0.146. The van der Waals surface area contributed by atoms with E-state index in [1.54, 1.807) is 6.92 Å². The van der Waals surface area contributed by atoms with Crippen molar-refractivity contribution in [2.24, 2.45) is 0 Å². The molecule has 0 rings (SSSR count). The number of rotatable bonds is 27. The molecule has 202 valence electrons. The SMILES string of the molecule is CCCCCCCCCC(=O)OCCOCCOCCOCCOCCOCCC(=O)OCC. The molecule has 0 amide bonds. The van der Waals surface area contributed by atoms with Gasteiger partial charge in [-0.15, -0.1) is 0 Å². The maximum Gasteiger partial charge on any atom is 0.308 e. The summed E-state index contributed by atoms with van der Waals surface area (Å²) in [5.74, 6) is -0.392. The lowest BCUT2D eigenvalue weighted by Gasteiger charge is -2.08. The van der Waals surface area contributed by atoms with Crippen molar-refractivity contribution in [2.45, 2.75) is 71.6 Å². The fraction of sp³-hybridized carbons (Fsp3) is 0.920. The summed E-state index contributed by atoms with van der Waals surface area (Å²) in [4.78, 5) is 22.7. The Bertz CT molecular complexity index is 446. The Morgan fingerprint density at radius 2 is 0.853 bits per heavy atom. The van der Waals surface area contributed by atoms with Gasteiger partial charge in [0.1, 0.15) is 6.61 Å². The molecule has 0 aromatic carbocycles. The largest absolute Gasteiger partial charge is 0.466 e. The van der Waals surface area contributed by atoms with Crippen molar-refractivity contribution in [3.05, 3.63) is 0 Å². The van der Waals surface area contributed by atoms with Gasteiger partial charge in [0.15, 0.2) is 0 Å². The lowest BCUT2D eigenvalue weighted by Crippen LogP contribution is -2.15. The molecule has 0 N–H and O–H groups in total. The van der Waals surface area contributed by atoms with Crippen LogP contribution in [0.1, 0.15) is 71.6 Å². The van der Waals surface area contributed by atoms with Gasteiger partial charge in [0.05, 0.1) is 79.1 Å². The van der Waals surface area contributed by atoms with Crippen molar-refractivity contribution in [1.82, 2.24) is 0 Å². The second-order valence-corrected chi connectivity index (χ2v) is 7.71. The average Bonchev–Trinajstić information content (AvgIpc) is 2.83. The highest BCUT2D eigenvalue weighted by molar-refractivity contribution is 5.69. The van der Waals surface area contributed by atoms with Gasteiger partial charge in [-0.3, -0.25) is 9.59 Å². The van der Waals surface area contributed by atoms with Crippen molar-refractivity contribution in [3.8, 4) is 0 Å². The quantitative estimate of drug-likeness (QED) is 0.125. The monoisotopic (exact) mass is 492 g/mol. The molecule has 0 unspecified atom stereocenters. The second kappa shape index (κ2) is 28.0. The Labute approximate surface area is 206 Å². The topological polar surface area (TPSA) is 98.8 Å². The number of hydrogen-bond acceptors (Lipinski definition) is 9. The van der Waals surface area contributed by atoms with Gasteiger partial charge in [-0.1, -0.05) is 45.4 Å². The Hall–Kier alpha value is -1.26.